The van der Waals surface area contributed by atoms with E-state index >= 15 is 0 Å². The highest BCUT2D eigenvalue weighted by Gasteiger charge is 2.21. The van der Waals surface area contributed by atoms with Crippen LogP contribution in [0.3, 0.4) is 0 Å². The minimum atomic E-state index is 0.362. The van der Waals surface area contributed by atoms with Gasteiger partial charge in [0.2, 0.25) is 5.89 Å². The van der Waals surface area contributed by atoms with Crippen molar-refractivity contribution >= 4 is 0 Å². The third-order valence-electron chi connectivity index (χ3n) is 3.65. The maximum absolute atomic E-state index is 5.40. The summed E-state index contributed by atoms with van der Waals surface area (Å²) >= 11 is 0. The average molecular weight is 273 g/mol. The van der Waals surface area contributed by atoms with Crippen molar-refractivity contribution in [3.8, 4) is 5.75 Å². The van der Waals surface area contributed by atoms with E-state index in [2.05, 4.69) is 15.5 Å². The second-order valence-corrected chi connectivity index (χ2v) is 5.12. The first kappa shape index (κ1) is 13.1. The van der Waals surface area contributed by atoms with Crippen molar-refractivity contribution in [2.45, 2.75) is 25.2 Å². The lowest BCUT2D eigenvalue weighted by Gasteiger charge is -2.18. The number of aromatic nitrogens is 2. The number of rotatable bonds is 4. The van der Waals surface area contributed by atoms with Gasteiger partial charge < -0.3 is 14.6 Å². The second-order valence-electron chi connectivity index (χ2n) is 5.12. The smallest absolute Gasteiger partial charge is 0.231 e. The van der Waals surface area contributed by atoms with Gasteiger partial charge in [-0.1, -0.05) is 17.3 Å². The van der Waals surface area contributed by atoms with E-state index in [4.69, 9.17) is 9.26 Å². The van der Waals surface area contributed by atoms with Crippen molar-refractivity contribution in [3.05, 3.63) is 41.5 Å². The maximum atomic E-state index is 5.40. The van der Waals surface area contributed by atoms with Gasteiger partial charge in [0.05, 0.1) is 13.0 Å². The molecule has 1 unspecified atom stereocenters. The van der Waals surface area contributed by atoms with Crippen LogP contribution in [0.25, 0.3) is 0 Å². The molecule has 2 aromatic rings. The normalized spacial score (nSPS) is 18.9. The zero-order chi connectivity index (χ0) is 13.8. The molecular formula is C15H19N3O2. The molecular weight excluding hydrogens is 254 g/mol. The molecule has 3 rings (SSSR count). The molecule has 2 heterocycles. The fourth-order valence-electron chi connectivity index (χ4n) is 2.49. The molecule has 1 aromatic carbocycles. The lowest BCUT2D eigenvalue weighted by Crippen LogP contribution is -2.28. The summed E-state index contributed by atoms with van der Waals surface area (Å²) in [6.07, 6.45) is 2.98. The molecule has 1 aliphatic heterocycles. The fraction of sp³-hybridized carbons (Fsp3) is 0.467. The third kappa shape index (κ3) is 2.99. The Morgan fingerprint density at radius 2 is 2.20 bits per heavy atom. The molecule has 5 nitrogen and oxygen atoms in total. The summed E-state index contributed by atoms with van der Waals surface area (Å²) in [4.78, 5) is 4.52. The lowest BCUT2D eigenvalue weighted by atomic mass is 10.00. The van der Waals surface area contributed by atoms with E-state index in [0.717, 1.165) is 42.5 Å². The van der Waals surface area contributed by atoms with Crippen molar-refractivity contribution in [3.63, 3.8) is 0 Å². The Balaban J connectivity index is 1.66. The van der Waals surface area contributed by atoms with E-state index in [9.17, 15) is 0 Å². The van der Waals surface area contributed by atoms with Crippen molar-refractivity contribution in [1.29, 1.82) is 0 Å². The van der Waals surface area contributed by atoms with Crippen LogP contribution < -0.4 is 10.1 Å². The molecule has 1 aliphatic rings. The third-order valence-corrected chi connectivity index (χ3v) is 3.65. The van der Waals surface area contributed by atoms with Crippen LogP contribution in [-0.2, 0) is 6.42 Å². The van der Waals surface area contributed by atoms with Crippen molar-refractivity contribution in [1.82, 2.24) is 15.5 Å². The van der Waals surface area contributed by atoms with Crippen LogP contribution in [0, 0.1) is 0 Å². The number of piperidine rings is 1. The molecule has 0 amide bonds. The molecule has 0 bridgehead atoms. The summed E-state index contributed by atoms with van der Waals surface area (Å²) in [7, 11) is 1.67. The molecule has 1 saturated heterocycles. The summed E-state index contributed by atoms with van der Waals surface area (Å²) in [5.74, 6) is 2.73. The van der Waals surface area contributed by atoms with Crippen molar-refractivity contribution < 1.29 is 9.26 Å². The first-order chi connectivity index (χ1) is 9.85. The highest BCUT2D eigenvalue weighted by atomic mass is 16.5. The van der Waals surface area contributed by atoms with Crippen molar-refractivity contribution in [2.24, 2.45) is 0 Å². The monoisotopic (exact) mass is 273 g/mol. The Morgan fingerprint density at radius 1 is 1.35 bits per heavy atom. The molecule has 0 saturated carbocycles. The summed E-state index contributed by atoms with van der Waals surface area (Å²) in [6, 6.07) is 7.94. The van der Waals surface area contributed by atoms with Gasteiger partial charge in [-0.2, -0.15) is 4.98 Å². The molecule has 1 N–H and O–H groups in total. The van der Waals surface area contributed by atoms with E-state index in [0.29, 0.717) is 12.3 Å². The molecule has 1 atom stereocenters. The minimum Gasteiger partial charge on any atom is -0.497 e. The maximum Gasteiger partial charge on any atom is 0.231 e. The van der Waals surface area contributed by atoms with Gasteiger partial charge in [-0.3, -0.25) is 0 Å². The second kappa shape index (κ2) is 6.05. The van der Waals surface area contributed by atoms with E-state index in [1.165, 1.54) is 6.42 Å². The molecule has 1 aromatic heterocycles. The van der Waals surface area contributed by atoms with Gasteiger partial charge in [0.15, 0.2) is 5.82 Å². The molecule has 5 heteroatoms. The first-order valence-corrected chi connectivity index (χ1v) is 7.01. The molecule has 0 spiro atoms. The van der Waals surface area contributed by atoms with E-state index < -0.39 is 0 Å². The topological polar surface area (TPSA) is 60.2 Å². The van der Waals surface area contributed by atoms with Gasteiger partial charge in [-0.05, 0) is 37.1 Å². The first-order valence-electron chi connectivity index (χ1n) is 7.01. The predicted molar refractivity (Wildman–Crippen MR) is 74.9 cm³/mol. The Hall–Kier alpha value is -1.88. The van der Waals surface area contributed by atoms with Gasteiger partial charge in [-0.25, -0.2) is 0 Å². The number of hydrogen-bond donors (Lipinski definition) is 1. The summed E-state index contributed by atoms with van der Waals surface area (Å²) < 4.78 is 10.5. The van der Waals surface area contributed by atoms with Crippen LogP contribution in [0.5, 0.6) is 5.75 Å². The number of ether oxygens (including phenoxy) is 1. The minimum absolute atomic E-state index is 0.362. The highest BCUT2D eigenvalue weighted by molar-refractivity contribution is 5.28. The van der Waals surface area contributed by atoms with Gasteiger partial charge in [0.1, 0.15) is 5.75 Å². The average Bonchev–Trinajstić information content (AvgIpc) is 2.97. The Bertz CT molecular complexity index is 545. The van der Waals surface area contributed by atoms with Crippen LogP contribution in [0.2, 0.25) is 0 Å². The standard InChI is InChI=1S/C15H19N3O2/c1-19-13-6-4-11(5-7-13)9-14-17-15(20-18-14)12-3-2-8-16-10-12/h4-7,12,16H,2-3,8-10H2,1H3. The lowest BCUT2D eigenvalue weighted by molar-refractivity contribution is 0.320. The zero-order valence-electron chi connectivity index (χ0n) is 11.6. The quantitative estimate of drug-likeness (QED) is 0.924. The van der Waals surface area contributed by atoms with Gasteiger partial charge in [0, 0.05) is 13.0 Å². The number of methoxy groups -OCH3 is 1. The van der Waals surface area contributed by atoms with Crippen LogP contribution >= 0.6 is 0 Å². The Kier molecular flexibility index (Phi) is 3.97. The highest BCUT2D eigenvalue weighted by Crippen LogP contribution is 2.22. The molecule has 20 heavy (non-hydrogen) atoms. The van der Waals surface area contributed by atoms with E-state index in [1.807, 2.05) is 24.3 Å². The summed E-state index contributed by atoms with van der Waals surface area (Å²) in [6.45, 7) is 2.02. The largest absolute Gasteiger partial charge is 0.497 e. The number of hydrogen-bond acceptors (Lipinski definition) is 5. The summed E-state index contributed by atoms with van der Waals surface area (Å²) in [5.41, 5.74) is 1.15. The predicted octanol–water partition coefficient (Wildman–Crippen LogP) is 2.14. The van der Waals surface area contributed by atoms with Crippen molar-refractivity contribution in [2.75, 3.05) is 20.2 Å². The van der Waals surface area contributed by atoms with E-state index in [-0.39, 0.29) is 0 Å². The molecule has 0 radical (unpaired) electrons. The van der Waals surface area contributed by atoms with Crippen LogP contribution in [0.15, 0.2) is 28.8 Å². The van der Waals surface area contributed by atoms with Crippen LogP contribution in [0.4, 0.5) is 0 Å². The van der Waals surface area contributed by atoms with Gasteiger partial charge >= 0.3 is 0 Å². The van der Waals surface area contributed by atoms with Crippen LogP contribution in [0.1, 0.15) is 36.0 Å². The Morgan fingerprint density at radius 3 is 2.90 bits per heavy atom. The molecule has 106 valence electrons. The molecule has 1 fully saturated rings. The number of nitrogens with zero attached hydrogens (tertiary/aromatic N) is 2. The SMILES string of the molecule is COc1ccc(Cc2noc(C3CCCNC3)n2)cc1. The zero-order valence-corrected chi connectivity index (χ0v) is 11.6. The summed E-state index contributed by atoms with van der Waals surface area (Å²) in [5, 5.41) is 7.45. The van der Waals surface area contributed by atoms with E-state index in [1.54, 1.807) is 7.11 Å². The van der Waals surface area contributed by atoms with Crippen LogP contribution in [-0.4, -0.2) is 30.3 Å². The molecule has 0 aliphatic carbocycles. The van der Waals surface area contributed by atoms with Gasteiger partial charge in [-0.15, -0.1) is 0 Å². The number of nitrogens with one attached hydrogen (secondary N) is 1. The van der Waals surface area contributed by atoms with Gasteiger partial charge in [0.25, 0.3) is 0 Å². The fourth-order valence-corrected chi connectivity index (χ4v) is 2.49. The Labute approximate surface area is 118 Å². The number of benzene rings is 1.